The molecular weight excluding hydrogens is 697 g/mol. The summed E-state index contributed by atoms with van der Waals surface area (Å²) in [6.45, 7) is 5.08. The molecule has 2 saturated heterocycles. The van der Waals surface area contributed by atoms with Gasteiger partial charge in [0.1, 0.15) is 35.1 Å². The van der Waals surface area contributed by atoms with Crippen LogP contribution in [0.5, 0.6) is 0 Å². The summed E-state index contributed by atoms with van der Waals surface area (Å²) in [7, 11) is -3.90. The minimum Gasteiger partial charge on any atom is -0.444 e. The Hall–Kier alpha value is -3.95. The van der Waals surface area contributed by atoms with Crippen molar-refractivity contribution in [2.75, 3.05) is 6.54 Å². The van der Waals surface area contributed by atoms with Crippen molar-refractivity contribution in [1.29, 1.82) is 0 Å². The highest BCUT2D eigenvalue weighted by molar-refractivity contribution is 7.91. The topological polar surface area (TPSA) is 181 Å². The minimum atomic E-state index is -3.90. The predicted octanol–water partition coefficient (Wildman–Crippen LogP) is 3.22. The molecule has 14 nitrogen and oxygen atoms in total. The van der Waals surface area contributed by atoms with Crippen LogP contribution in [0.25, 0.3) is 0 Å². The number of ether oxygens (including phenoxy) is 2. The Morgan fingerprint density at radius 2 is 1.77 bits per heavy atom. The lowest BCUT2D eigenvalue weighted by Crippen LogP contribution is -2.58. The lowest BCUT2D eigenvalue weighted by molar-refractivity contribution is -0.141. The highest BCUT2D eigenvalue weighted by Gasteiger charge is 2.69. The van der Waals surface area contributed by atoms with Gasteiger partial charge in [-0.05, 0) is 82.3 Å². The highest BCUT2D eigenvalue weighted by atomic mass is 32.2. The molecule has 0 bridgehead atoms. The number of hydrogen-bond acceptors (Lipinski definition) is 9. The molecule has 0 unspecified atom stereocenters. The number of sulfonamides is 1. The van der Waals surface area contributed by atoms with Gasteiger partial charge in [-0.25, -0.2) is 22.4 Å². The smallest absolute Gasteiger partial charge is 0.410 e. The van der Waals surface area contributed by atoms with E-state index in [9.17, 15) is 36.8 Å². The second-order valence-electron chi connectivity index (χ2n) is 16.4. The van der Waals surface area contributed by atoms with Crippen molar-refractivity contribution in [3.63, 3.8) is 0 Å². The molecule has 6 aliphatic rings. The van der Waals surface area contributed by atoms with E-state index < -0.39 is 80.3 Å². The molecule has 3 saturated carbocycles. The SMILES string of the molecule is CC(C)(C)OC(=O)N[C@H]1CCCCC[C@H]2C[C@H]2[C@@H]2C[C@@]2(C(=O)NS(=O)(=O)C2CC2)NC(=O)[C@@H]2C[C@@H](OC(=O)N3Cc4cccc(F)c4C3)CN2C1=O. The van der Waals surface area contributed by atoms with Crippen LogP contribution >= 0.6 is 0 Å². The Morgan fingerprint density at radius 3 is 2.48 bits per heavy atom. The highest BCUT2D eigenvalue weighted by Crippen LogP contribution is 2.61. The van der Waals surface area contributed by atoms with E-state index in [0.29, 0.717) is 36.3 Å². The fourth-order valence-electron chi connectivity index (χ4n) is 8.29. The van der Waals surface area contributed by atoms with Crippen LogP contribution in [0.2, 0.25) is 0 Å². The van der Waals surface area contributed by atoms with E-state index in [1.165, 1.54) is 15.9 Å². The van der Waals surface area contributed by atoms with Crippen LogP contribution in [0.15, 0.2) is 18.2 Å². The van der Waals surface area contributed by atoms with Gasteiger partial charge in [-0.1, -0.05) is 37.8 Å². The minimum absolute atomic E-state index is 0.00689. The Bertz CT molecular complexity index is 1760. The van der Waals surface area contributed by atoms with Gasteiger partial charge in [0.25, 0.3) is 5.91 Å². The molecule has 5 amide bonds. The third-order valence-electron chi connectivity index (χ3n) is 11.3. The van der Waals surface area contributed by atoms with Gasteiger partial charge in [0, 0.05) is 18.5 Å². The number of carbonyl (C=O) groups excluding carboxylic acids is 5. The average Bonchev–Trinajstić information content (AvgIpc) is 4.00. The second kappa shape index (κ2) is 13.5. The van der Waals surface area contributed by atoms with Crippen molar-refractivity contribution < 1.29 is 46.3 Å². The van der Waals surface area contributed by atoms with Gasteiger partial charge in [0.2, 0.25) is 21.8 Å². The summed E-state index contributed by atoms with van der Waals surface area (Å²) >= 11 is 0. The summed E-state index contributed by atoms with van der Waals surface area (Å²) in [5.74, 6) is -2.19. The molecule has 0 aromatic heterocycles. The molecule has 3 N–H and O–H groups in total. The van der Waals surface area contributed by atoms with E-state index in [-0.39, 0.29) is 50.7 Å². The first-order valence-corrected chi connectivity index (χ1v) is 20.0. The van der Waals surface area contributed by atoms with Crippen LogP contribution in [-0.4, -0.2) is 89.2 Å². The number of hydrogen-bond donors (Lipinski definition) is 3. The third kappa shape index (κ3) is 7.58. The Morgan fingerprint density at radius 1 is 1.02 bits per heavy atom. The molecular formula is C36H48FN5O9S. The lowest BCUT2D eigenvalue weighted by atomic mass is 10.0. The first-order valence-electron chi connectivity index (χ1n) is 18.4. The van der Waals surface area contributed by atoms with Gasteiger partial charge in [-0.3, -0.25) is 24.0 Å². The van der Waals surface area contributed by atoms with Crippen LogP contribution in [-0.2, 0) is 47.0 Å². The van der Waals surface area contributed by atoms with Crippen LogP contribution in [0, 0.1) is 23.6 Å². The number of benzene rings is 1. The van der Waals surface area contributed by atoms with Gasteiger partial charge >= 0.3 is 12.2 Å². The largest absolute Gasteiger partial charge is 0.444 e. The van der Waals surface area contributed by atoms with Crippen molar-refractivity contribution >= 4 is 39.9 Å². The average molecular weight is 746 g/mol. The third-order valence-corrected chi connectivity index (χ3v) is 13.1. The second-order valence-corrected chi connectivity index (χ2v) is 18.4. The number of rotatable bonds is 5. The van der Waals surface area contributed by atoms with Gasteiger partial charge < -0.3 is 25.0 Å². The number of alkyl carbamates (subject to hydrolysis) is 1. The lowest BCUT2D eigenvalue weighted by Gasteiger charge is -2.30. The molecule has 1 aromatic rings. The molecule has 7 rings (SSSR count). The first-order chi connectivity index (χ1) is 24.5. The molecule has 0 spiro atoms. The maximum Gasteiger partial charge on any atom is 0.410 e. The molecule has 1 aromatic carbocycles. The molecule has 3 aliphatic carbocycles. The standard InChI is InChI=1S/C36H48FN5O9S/c1-35(2,3)51-33(46)38-28-11-6-4-5-8-20-14-24(20)26-16-36(26,32(45)40-52(48,49)23-12-13-23)39-30(43)29-15-22(18-42(29)31(28)44)50-34(47)41-17-21-9-7-10-27(37)25(21)19-41/h7,9-10,20,22-24,26,28-29H,4-6,8,11-19H2,1-3H3,(H,38,46)(H,39,43)(H,40,45)/t20-,22+,24+,26-,28-,29-,36+/m0/s1. The van der Waals surface area contributed by atoms with E-state index in [4.69, 9.17) is 9.47 Å². The quantitative estimate of drug-likeness (QED) is 0.408. The van der Waals surface area contributed by atoms with E-state index >= 15 is 0 Å². The molecule has 0 radical (unpaired) electrons. The summed E-state index contributed by atoms with van der Waals surface area (Å²) in [5.41, 5.74) is -1.23. The van der Waals surface area contributed by atoms with Crippen molar-refractivity contribution in [2.24, 2.45) is 17.8 Å². The molecule has 16 heteroatoms. The summed E-state index contributed by atoms with van der Waals surface area (Å²) in [4.78, 5) is 71.3. The normalized spacial score (nSPS) is 31.8. The van der Waals surface area contributed by atoms with E-state index in [1.54, 1.807) is 32.9 Å². The maximum atomic E-state index is 14.4. The van der Waals surface area contributed by atoms with Crippen LogP contribution in [0.1, 0.15) is 96.1 Å². The van der Waals surface area contributed by atoms with Crippen LogP contribution in [0.4, 0.5) is 14.0 Å². The maximum absolute atomic E-state index is 14.4. The summed E-state index contributed by atoms with van der Waals surface area (Å²) in [6.07, 6.45) is 2.99. The monoisotopic (exact) mass is 745 g/mol. The van der Waals surface area contributed by atoms with Gasteiger partial charge in [0.15, 0.2) is 0 Å². The predicted molar refractivity (Wildman–Crippen MR) is 183 cm³/mol. The fourth-order valence-corrected chi connectivity index (χ4v) is 9.65. The van der Waals surface area contributed by atoms with E-state index in [1.807, 2.05) is 0 Å². The number of nitrogens with one attached hydrogen (secondary N) is 3. The van der Waals surface area contributed by atoms with E-state index in [0.717, 1.165) is 25.7 Å². The summed E-state index contributed by atoms with van der Waals surface area (Å²) in [6, 6.07) is 2.37. The number of amides is 5. The van der Waals surface area contributed by atoms with Crippen molar-refractivity contribution in [3.8, 4) is 0 Å². The summed E-state index contributed by atoms with van der Waals surface area (Å²) < 4.78 is 53.7. The zero-order chi connectivity index (χ0) is 37.2. The van der Waals surface area contributed by atoms with Gasteiger partial charge in [-0.15, -0.1) is 0 Å². The van der Waals surface area contributed by atoms with Gasteiger partial charge in [0.05, 0.1) is 18.3 Å². The van der Waals surface area contributed by atoms with Gasteiger partial charge in [-0.2, -0.15) is 0 Å². The molecule has 3 heterocycles. The Labute approximate surface area is 302 Å². The van der Waals surface area contributed by atoms with Crippen LogP contribution in [0.3, 0.4) is 0 Å². The fraction of sp³-hybridized carbons (Fsp3) is 0.694. The zero-order valence-electron chi connectivity index (χ0n) is 29.8. The van der Waals surface area contributed by atoms with Crippen molar-refractivity contribution in [2.45, 2.75) is 133 Å². The molecule has 3 aliphatic heterocycles. The molecule has 52 heavy (non-hydrogen) atoms. The van der Waals surface area contributed by atoms with Crippen molar-refractivity contribution in [3.05, 3.63) is 35.1 Å². The zero-order valence-corrected chi connectivity index (χ0v) is 30.6. The number of carbonyl (C=O) groups is 5. The van der Waals surface area contributed by atoms with Crippen LogP contribution < -0.4 is 15.4 Å². The Balaban J connectivity index is 1.14. The Kier molecular flexibility index (Phi) is 9.43. The van der Waals surface area contributed by atoms with Crippen molar-refractivity contribution in [1.82, 2.24) is 25.2 Å². The number of fused-ring (bicyclic) bond motifs is 5. The summed E-state index contributed by atoms with van der Waals surface area (Å²) in [5, 5.41) is 4.95. The van der Waals surface area contributed by atoms with E-state index in [2.05, 4.69) is 15.4 Å². The number of nitrogens with zero attached hydrogens (tertiary/aromatic N) is 2. The number of halogens is 1. The molecule has 5 fully saturated rings. The molecule has 284 valence electrons. The molecule has 7 atom stereocenters. The first kappa shape index (κ1) is 36.4.